The van der Waals surface area contributed by atoms with Crippen molar-refractivity contribution in [1.82, 2.24) is 9.97 Å². The third-order valence-electron chi connectivity index (χ3n) is 1.87. The summed E-state index contributed by atoms with van der Waals surface area (Å²) in [5.74, 6) is 0. The van der Waals surface area contributed by atoms with E-state index < -0.39 is 0 Å². The number of rotatable bonds is 0. The highest BCUT2D eigenvalue weighted by Crippen LogP contribution is 2.14. The summed E-state index contributed by atoms with van der Waals surface area (Å²) in [6, 6.07) is 5.86. The largest absolute Gasteiger partial charge is 0.233 e. The molecule has 0 bridgehead atoms. The molecule has 2 heterocycles. The van der Waals surface area contributed by atoms with E-state index in [0.717, 1.165) is 16.7 Å². The average molecular weight is 157 g/mol. The van der Waals surface area contributed by atoms with Gasteiger partial charge in [0.25, 0.3) is 0 Å². The van der Waals surface area contributed by atoms with Crippen molar-refractivity contribution in [3.8, 4) is 0 Å². The van der Waals surface area contributed by atoms with Gasteiger partial charge in [0.15, 0.2) is 5.65 Å². The van der Waals surface area contributed by atoms with E-state index in [4.69, 9.17) is 0 Å². The monoisotopic (exact) mass is 157 g/mol. The summed E-state index contributed by atoms with van der Waals surface area (Å²) in [7, 11) is 0. The highest BCUT2D eigenvalue weighted by Gasteiger charge is 1.98. The highest BCUT2D eigenvalue weighted by molar-refractivity contribution is 5.78. The molecule has 2 rings (SSSR count). The predicted molar refractivity (Wildman–Crippen MR) is 47.8 cm³/mol. The second-order valence-corrected chi connectivity index (χ2v) is 2.89. The van der Waals surface area contributed by atoms with Crippen LogP contribution in [0.2, 0.25) is 0 Å². The van der Waals surface area contributed by atoms with Gasteiger partial charge >= 0.3 is 0 Å². The zero-order chi connectivity index (χ0) is 8.55. The number of aryl methyl sites for hydroxylation is 2. The van der Waals surface area contributed by atoms with Crippen molar-refractivity contribution >= 4 is 11.0 Å². The first-order valence-corrected chi connectivity index (χ1v) is 3.88. The number of hydrogen-bond donors (Lipinski definition) is 0. The lowest BCUT2D eigenvalue weighted by atomic mass is 10.1. The second kappa shape index (κ2) is 2.55. The van der Waals surface area contributed by atoms with Crippen LogP contribution < -0.4 is 0 Å². The van der Waals surface area contributed by atoms with E-state index in [-0.39, 0.29) is 0 Å². The fourth-order valence-corrected chi connectivity index (χ4v) is 1.34. The highest BCUT2D eigenvalue weighted by atomic mass is 14.8. The molecule has 0 unspecified atom stereocenters. The van der Waals surface area contributed by atoms with Crippen LogP contribution in [-0.2, 0) is 0 Å². The summed E-state index contributed by atoms with van der Waals surface area (Å²) < 4.78 is 0. The first-order chi connectivity index (χ1) is 5.77. The number of pyridine rings is 2. The van der Waals surface area contributed by atoms with Gasteiger partial charge in [-0.3, -0.25) is 0 Å². The van der Waals surface area contributed by atoms with Crippen LogP contribution in [0.15, 0.2) is 18.2 Å². The Hall–Kier alpha value is -1.44. The molecule has 1 radical (unpaired) electrons. The molecule has 59 valence electrons. The maximum absolute atomic E-state index is 4.29. The molecule has 0 aliphatic rings. The molecule has 0 atom stereocenters. The van der Waals surface area contributed by atoms with Crippen molar-refractivity contribution in [2.24, 2.45) is 0 Å². The molecule has 2 aromatic heterocycles. The average Bonchev–Trinajstić information content (AvgIpc) is 2.04. The third kappa shape index (κ3) is 1.05. The number of aromatic nitrogens is 2. The Morgan fingerprint density at radius 2 is 2.17 bits per heavy atom. The molecule has 2 heteroatoms. The molecule has 0 amide bonds. The van der Waals surface area contributed by atoms with Crippen LogP contribution in [0.4, 0.5) is 0 Å². The topological polar surface area (TPSA) is 25.8 Å². The third-order valence-corrected chi connectivity index (χ3v) is 1.87. The quantitative estimate of drug-likeness (QED) is 0.585. The van der Waals surface area contributed by atoms with Crippen LogP contribution in [0, 0.1) is 20.0 Å². The number of nitrogens with zero attached hydrogens (tertiary/aromatic N) is 2. The van der Waals surface area contributed by atoms with Crippen molar-refractivity contribution in [2.75, 3.05) is 0 Å². The Morgan fingerprint density at radius 3 is 3.00 bits per heavy atom. The van der Waals surface area contributed by atoms with Gasteiger partial charge < -0.3 is 0 Å². The number of hydrogen-bond acceptors (Lipinski definition) is 2. The molecular weight excluding hydrogens is 148 g/mol. The van der Waals surface area contributed by atoms with Gasteiger partial charge in [-0.25, -0.2) is 9.97 Å². The van der Waals surface area contributed by atoms with Gasteiger partial charge in [0.05, 0.1) is 6.20 Å². The van der Waals surface area contributed by atoms with Crippen molar-refractivity contribution < 1.29 is 0 Å². The van der Waals surface area contributed by atoms with Crippen LogP contribution in [0.3, 0.4) is 0 Å². The molecule has 0 aliphatic heterocycles. The molecule has 2 aromatic rings. The van der Waals surface area contributed by atoms with Crippen LogP contribution in [-0.4, -0.2) is 9.97 Å². The van der Waals surface area contributed by atoms with E-state index in [1.165, 1.54) is 5.56 Å². The van der Waals surface area contributed by atoms with E-state index in [1.54, 1.807) is 0 Å². The Bertz CT molecular complexity index is 421. The first kappa shape index (κ1) is 7.22. The van der Waals surface area contributed by atoms with Crippen molar-refractivity contribution in [1.29, 1.82) is 0 Å². The van der Waals surface area contributed by atoms with Crippen LogP contribution in [0.25, 0.3) is 11.0 Å². The summed E-state index contributed by atoms with van der Waals surface area (Å²) in [5.41, 5.74) is 3.01. The zero-order valence-electron chi connectivity index (χ0n) is 7.13. The lowest BCUT2D eigenvalue weighted by Gasteiger charge is -2.00. The number of fused-ring (bicyclic) bond motifs is 1. The molecule has 0 spiro atoms. The van der Waals surface area contributed by atoms with Gasteiger partial charge in [0.1, 0.15) is 0 Å². The van der Waals surface area contributed by atoms with Gasteiger partial charge in [-0.2, -0.15) is 0 Å². The lowest BCUT2D eigenvalue weighted by molar-refractivity contribution is 1.18. The van der Waals surface area contributed by atoms with Crippen molar-refractivity contribution in [3.63, 3.8) is 0 Å². The molecular formula is C10H9N2. The van der Waals surface area contributed by atoms with Gasteiger partial charge in [-0.05, 0) is 37.6 Å². The van der Waals surface area contributed by atoms with Crippen molar-refractivity contribution in [3.05, 3.63) is 35.7 Å². The zero-order valence-corrected chi connectivity index (χ0v) is 7.13. The molecule has 2 nitrogen and oxygen atoms in total. The minimum absolute atomic E-state index is 0.787. The minimum Gasteiger partial charge on any atom is -0.233 e. The standard InChI is InChI=1S/C10H9N2/c1-7-6-8(2)12-10-9(7)4-3-5-11-10/h3-4,6H,1-2H3. The summed E-state index contributed by atoms with van der Waals surface area (Å²) >= 11 is 0. The molecule has 0 saturated carbocycles. The molecule has 12 heavy (non-hydrogen) atoms. The summed E-state index contributed by atoms with van der Waals surface area (Å²) in [6.07, 6.45) is 2.78. The van der Waals surface area contributed by atoms with E-state index in [0.29, 0.717) is 0 Å². The summed E-state index contributed by atoms with van der Waals surface area (Å²) in [4.78, 5) is 8.36. The smallest absolute Gasteiger partial charge is 0.160 e. The molecule has 0 fully saturated rings. The minimum atomic E-state index is 0.787. The van der Waals surface area contributed by atoms with Gasteiger partial charge in [0.2, 0.25) is 0 Å². The Balaban J connectivity index is 2.89. The molecule has 0 aromatic carbocycles. The van der Waals surface area contributed by atoms with Gasteiger partial charge in [-0.15, -0.1) is 0 Å². The van der Waals surface area contributed by atoms with Gasteiger partial charge in [0, 0.05) is 11.1 Å². The van der Waals surface area contributed by atoms with E-state index in [2.05, 4.69) is 29.2 Å². The van der Waals surface area contributed by atoms with Gasteiger partial charge in [-0.1, -0.05) is 0 Å². The summed E-state index contributed by atoms with van der Waals surface area (Å²) in [5, 5.41) is 1.11. The van der Waals surface area contributed by atoms with E-state index in [9.17, 15) is 0 Å². The van der Waals surface area contributed by atoms with Crippen molar-refractivity contribution in [2.45, 2.75) is 13.8 Å². The fourth-order valence-electron chi connectivity index (χ4n) is 1.34. The molecule has 0 saturated heterocycles. The second-order valence-electron chi connectivity index (χ2n) is 2.89. The summed E-state index contributed by atoms with van der Waals surface area (Å²) in [6.45, 7) is 4.04. The Kier molecular flexibility index (Phi) is 1.54. The van der Waals surface area contributed by atoms with Crippen LogP contribution >= 0.6 is 0 Å². The van der Waals surface area contributed by atoms with Crippen LogP contribution in [0.1, 0.15) is 11.3 Å². The van der Waals surface area contributed by atoms with E-state index >= 15 is 0 Å². The lowest BCUT2D eigenvalue weighted by Crippen LogP contribution is -1.89. The van der Waals surface area contributed by atoms with E-state index in [1.807, 2.05) is 19.1 Å². The SMILES string of the molecule is Cc1cc(C)c2cc[c]nc2n1. The first-order valence-electron chi connectivity index (χ1n) is 3.88. The maximum Gasteiger partial charge on any atom is 0.160 e. The van der Waals surface area contributed by atoms with Crippen LogP contribution in [0.5, 0.6) is 0 Å². The normalized spacial score (nSPS) is 10.5. The molecule has 0 aliphatic carbocycles. The Morgan fingerprint density at radius 1 is 1.33 bits per heavy atom. The predicted octanol–water partition coefficient (Wildman–Crippen LogP) is 2.05. The maximum atomic E-state index is 4.29. The molecule has 0 N–H and O–H groups in total. The Labute approximate surface area is 71.3 Å². The fraction of sp³-hybridized carbons (Fsp3) is 0.200.